The predicted molar refractivity (Wildman–Crippen MR) is 74.3 cm³/mol. The fourth-order valence-corrected chi connectivity index (χ4v) is 2.72. The first-order valence-corrected chi connectivity index (χ1v) is 7.54. The first kappa shape index (κ1) is 16.1. The quantitative estimate of drug-likeness (QED) is 0.828. The Morgan fingerprint density at radius 3 is 2.45 bits per heavy atom. The summed E-state index contributed by atoms with van der Waals surface area (Å²) < 4.78 is 25.4. The second-order valence-corrected chi connectivity index (χ2v) is 6.24. The third-order valence-corrected chi connectivity index (χ3v) is 4.47. The van der Waals surface area contributed by atoms with Gasteiger partial charge in [0.1, 0.15) is 0 Å². The zero-order valence-corrected chi connectivity index (χ0v) is 12.3. The number of nitrogens with one attached hydrogen (secondary N) is 1. The summed E-state index contributed by atoms with van der Waals surface area (Å²) in [6.45, 7) is 1.99. The molecule has 0 radical (unpaired) electrons. The van der Waals surface area contributed by atoms with E-state index in [9.17, 15) is 13.2 Å². The number of nitrogens with zero attached hydrogens (tertiary/aromatic N) is 2. The molecule has 0 saturated carbocycles. The van der Waals surface area contributed by atoms with Gasteiger partial charge in [-0.25, -0.2) is 8.42 Å². The van der Waals surface area contributed by atoms with Crippen LogP contribution in [-0.4, -0.2) is 38.8 Å². The van der Waals surface area contributed by atoms with Gasteiger partial charge in [-0.1, -0.05) is 12.1 Å². The number of nitriles is 1. The average molecular weight is 295 g/mol. The summed E-state index contributed by atoms with van der Waals surface area (Å²) in [5.41, 5.74) is 0.748. The Bertz CT molecular complexity index is 603. The summed E-state index contributed by atoms with van der Waals surface area (Å²) in [5.74, 6) is -0.348. The summed E-state index contributed by atoms with van der Waals surface area (Å²) in [5, 5.41) is 11.1. The molecule has 0 aliphatic heterocycles. The minimum atomic E-state index is -3.69. The van der Waals surface area contributed by atoms with Crippen LogP contribution >= 0.6 is 0 Å². The van der Waals surface area contributed by atoms with Gasteiger partial charge in [-0.05, 0) is 24.6 Å². The summed E-state index contributed by atoms with van der Waals surface area (Å²) in [7, 11) is -2.34. The standard InChI is InChI=1S/C13H17N3O3S/c1-3-15-13(17)10-16(2)20(18,19)12-6-4-11(5-7-12)8-9-14/h4-7H,3,8,10H2,1-2H3,(H,15,17). The molecule has 0 bridgehead atoms. The second kappa shape index (κ2) is 7.03. The van der Waals surface area contributed by atoms with Crippen molar-refractivity contribution in [3.05, 3.63) is 29.8 Å². The molecule has 7 heteroatoms. The van der Waals surface area contributed by atoms with Crippen molar-refractivity contribution in [1.82, 2.24) is 9.62 Å². The number of hydrogen-bond donors (Lipinski definition) is 1. The van der Waals surface area contributed by atoms with E-state index in [1.807, 2.05) is 6.07 Å². The molecule has 0 saturated heterocycles. The topological polar surface area (TPSA) is 90.3 Å². The van der Waals surface area contributed by atoms with Crippen molar-refractivity contribution in [3.8, 4) is 6.07 Å². The van der Waals surface area contributed by atoms with Gasteiger partial charge in [-0.3, -0.25) is 4.79 Å². The smallest absolute Gasteiger partial charge is 0.243 e. The molecule has 0 heterocycles. The largest absolute Gasteiger partial charge is 0.355 e. The van der Waals surface area contributed by atoms with Gasteiger partial charge in [0.2, 0.25) is 15.9 Å². The minimum absolute atomic E-state index is 0.103. The van der Waals surface area contributed by atoms with Crippen LogP contribution in [0.4, 0.5) is 0 Å². The van der Waals surface area contributed by atoms with Crippen molar-refractivity contribution in [2.75, 3.05) is 20.1 Å². The number of amides is 1. The molecule has 0 aliphatic carbocycles. The number of carbonyl (C=O) groups is 1. The lowest BCUT2D eigenvalue weighted by Crippen LogP contribution is -2.38. The van der Waals surface area contributed by atoms with Crippen molar-refractivity contribution in [2.45, 2.75) is 18.2 Å². The normalized spacial score (nSPS) is 11.1. The van der Waals surface area contributed by atoms with Gasteiger partial charge >= 0.3 is 0 Å². The van der Waals surface area contributed by atoms with Crippen LogP contribution in [0.25, 0.3) is 0 Å². The van der Waals surface area contributed by atoms with E-state index in [0.717, 1.165) is 9.87 Å². The number of rotatable bonds is 6. The molecule has 1 aromatic carbocycles. The van der Waals surface area contributed by atoms with Crippen molar-refractivity contribution < 1.29 is 13.2 Å². The third kappa shape index (κ3) is 4.05. The van der Waals surface area contributed by atoms with Crippen molar-refractivity contribution in [3.63, 3.8) is 0 Å². The minimum Gasteiger partial charge on any atom is -0.355 e. The maximum absolute atomic E-state index is 12.2. The van der Waals surface area contributed by atoms with E-state index in [1.54, 1.807) is 19.1 Å². The van der Waals surface area contributed by atoms with Gasteiger partial charge in [0, 0.05) is 13.6 Å². The summed E-state index contributed by atoms with van der Waals surface area (Å²) in [6.07, 6.45) is 0.231. The van der Waals surface area contributed by atoms with Crippen LogP contribution in [0.15, 0.2) is 29.2 Å². The molecule has 108 valence electrons. The van der Waals surface area contributed by atoms with E-state index >= 15 is 0 Å². The fraction of sp³-hybridized carbons (Fsp3) is 0.385. The molecular weight excluding hydrogens is 278 g/mol. The van der Waals surface area contributed by atoms with Gasteiger partial charge < -0.3 is 5.32 Å². The average Bonchev–Trinajstić information content (AvgIpc) is 2.40. The van der Waals surface area contributed by atoms with Gasteiger partial charge in [0.05, 0.1) is 23.9 Å². The Hall–Kier alpha value is -1.91. The van der Waals surface area contributed by atoms with Crippen LogP contribution in [-0.2, 0) is 21.2 Å². The van der Waals surface area contributed by atoms with E-state index in [1.165, 1.54) is 19.2 Å². The van der Waals surface area contributed by atoms with E-state index in [4.69, 9.17) is 5.26 Å². The van der Waals surface area contributed by atoms with E-state index in [2.05, 4.69) is 5.32 Å². The summed E-state index contributed by atoms with van der Waals surface area (Å²) in [4.78, 5) is 11.5. The number of hydrogen-bond acceptors (Lipinski definition) is 4. The maximum atomic E-state index is 12.2. The van der Waals surface area contributed by atoms with Crippen LogP contribution in [0, 0.1) is 11.3 Å². The second-order valence-electron chi connectivity index (χ2n) is 4.19. The van der Waals surface area contributed by atoms with Crippen LogP contribution in [0.5, 0.6) is 0 Å². The highest BCUT2D eigenvalue weighted by Gasteiger charge is 2.22. The molecule has 1 rings (SSSR count). The van der Waals surface area contributed by atoms with Gasteiger partial charge in [0.25, 0.3) is 0 Å². The van der Waals surface area contributed by atoms with Gasteiger partial charge in [-0.15, -0.1) is 0 Å². The number of sulfonamides is 1. The van der Waals surface area contributed by atoms with Gasteiger partial charge in [0.15, 0.2) is 0 Å². The molecule has 1 amide bonds. The number of likely N-dealkylation sites (N-methyl/N-ethyl adjacent to an activating group) is 2. The Labute approximate surface area is 119 Å². The van der Waals surface area contributed by atoms with E-state index < -0.39 is 10.0 Å². The van der Waals surface area contributed by atoms with Crippen molar-refractivity contribution in [2.24, 2.45) is 0 Å². The third-order valence-electron chi connectivity index (χ3n) is 2.65. The summed E-state index contributed by atoms with van der Waals surface area (Å²) in [6, 6.07) is 8.06. The lowest BCUT2D eigenvalue weighted by molar-refractivity contribution is -0.121. The number of carbonyl (C=O) groups excluding carboxylic acids is 1. The molecule has 0 fully saturated rings. The Balaban J connectivity index is 2.87. The zero-order valence-electron chi connectivity index (χ0n) is 11.5. The molecule has 0 spiro atoms. The van der Waals surface area contributed by atoms with Crippen LogP contribution in [0.3, 0.4) is 0 Å². The SMILES string of the molecule is CCNC(=O)CN(C)S(=O)(=O)c1ccc(CC#N)cc1. The molecule has 0 unspecified atom stereocenters. The monoisotopic (exact) mass is 295 g/mol. The highest BCUT2D eigenvalue weighted by Crippen LogP contribution is 2.15. The molecule has 0 aromatic heterocycles. The lowest BCUT2D eigenvalue weighted by Gasteiger charge is -2.16. The summed E-state index contributed by atoms with van der Waals surface area (Å²) >= 11 is 0. The first-order chi connectivity index (χ1) is 9.41. The first-order valence-electron chi connectivity index (χ1n) is 6.10. The predicted octanol–water partition coefficient (Wildman–Crippen LogP) is 0.509. The zero-order chi connectivity index (χ0) is 15.2. The number of benzene rings is 1. The molecule has 1 N–H and O–H groups in total. The molecule has 0 atom stereocenters. The Morgan fingerprint density at radius 1 is 1.35 bits per heavy atom. The van der Waals surface area contributed by atoms with E-state index in [0.29, 0.717) is 6.54 Å². The Kier molecular flexibility index (Phi) is 5.67. The highest BCUT2D eigenvalue weighted by molar-refractivity contribution is 7.89. The van der Waals surface area contributed by atoms with Crippen LogP contribution < -0.4 is 5.32 Å². The van der Waals surface area contributed by atoms with Crippen LogP contribution in [0.1, 0.15) is 12.5 Å². The van der Waals surface area contributed by atoms with E-state index in [-0.39, 0.29) is 23.8 Å². The Morgan fingerprint density at radius 2 is 1.95 bits per heavy atom. The molecule has 20 heavy (non-hydrogen) atoms. The lowest BCUT2D eigenvalue weighted by atomic mass is 10.2. The molecule has 0 aliphatic rings. The molecule has 1 aromatic rings. The molecule has 6 nitrogen and oxygen atoms in total. The van der Waals surface area contributed by atoms with Crippen molar-refractivity contribution in [1.29, 1.82) is 5.26 Å². The highest BCUT2D eigenvalue weighted by atomic mass is 32.2. The van der Waals surface area contributed by atoms with Gasteiger partial charge in [-0.2, -0.15) is 9.57 Å². The fourth-order valence-electron chi connectivity index (χ4n) is 1.59. The maximum Gasteiger partial charge on any atom is 0.243 e. The molecular formula is C13H17N3O3S. The van der Waals surface area contributed by atoms with Crippen molar-refractivity contribution >= 4 is 15.9 Å². The van der Waals surface area contributed by atoms with Crippen LogP contribution in [0.2, 0.25) is 0 Å².